The van der Waals surface area contributed by atoms with Gasteiger partial charge in [0.1, 0.15) is 12.0 Å². The number of carbonyl (C=O) groups excluding carboxylic acids is 1. The van der Waals surface area contributed by atoms with Crippen LogP contribution in [0.15, 0.2) is 47.6 Å². The SMILES string of the molecule is NC(=O)c1cccc2c1NC(N1CCCc3cn[nH]c3C1)=NC2NCc1c(F)cccc1C(F)(F)F. The second-order valence-electron chi connectivity index (χ2n) is 8.66. The summed E-state index contributed by atoms with van der Waals surface area (Å²) in [6.07, 6.45) is -2.15. The number of nitrogens with zero attached hydrogens (tertiary/aromatic N) is 3. The molecule has 2 aliphatic heterocycles. The van der Waals surface area contributed by atoms with Crippen molar-refractivity contribution < 1.29 is 22.4 Å². The van der Waals surface area contributed by atoms with Gasteiger partial charge in [0.2, 0.25) is 5.96 Å². The summed E-state index contributed by atoms with van der Waals surface area (Å²) in [4.78, 5) is 18.8. The summed E-state index contributed by atoms with van der Waals surface area (Å²) in [6, 6.07) is 7.72. The standard InChI is InChI=1S/C24H23F4N7O/c25-18-8-2-7-17(24(26,27)28)16(18)11-30-22-15-6-1-5-14(21(29)36)20(15)32-23(33-22)35-9-3-4-13-10-31-34-19(13)12-35/h1-2,5-8,10,22,30H,3-4,9,11-12H2,(H2,29,36)(H,31,34)(H,32,33). The number of anilines is 1. The average Bonchev–Trinajstić information content (AvgIpc) is 3.18. The molecule has 12 heteroatoms. The Morgan fingerprint density at radius 2 is 2.03 bits per heavy atom. The third-order valence-electron chi connectivity index (χ3n) is 6.37. The van der Waals surface area contributed by atoms with Crippen LogP contribution in [-0.2, 0) is 25.7 Å². The van der Waals surface area contributed by atoms with E-state index in [-0.39, 0.29) is 5.56 Å². The molecule has 0 radical (unpaired) electrons. The lowest BCUT2D eigenvalue weighted by atomic mass is 10.0. The van der Waals surface area contributed by atoms with Crippen LogP contribution < -0.4 is 16.4 Å². The van der Waals surface area contributed by atoms with Crippen molar-refractivity contribution in [1.82, 2.24) is 20.4 Å². The zero-order valence-corrected chi connectivity index (χ0v) is 19.0. The number of para-hydroxylation sites is 1. The number of halogens is 4. The van der Waals surface area contributed by atoms with E-state index in [0.717, 1.165) is 42.3 Å². The fourth-order valence-electron chi connectivity index (χ4n) is 4.60. The minimum absolute atomic E-state index is 0.214. The highest BCUT2D eigenvalue weighted by molar-refractivity contribution is 6.06. The molecule has 188 valence electrons. The summed E-state index contributed by atoms with van der Waals surface area (Å²) in [5, 5.41) is 13.2. The Morgan fingerprint density at radius 1 is 1.22 bits per heavy atom. The highest BCUT2D eigenvalue weighted by Gasteiger charge is 2.35. The van der Waals surface area contributed by atoms with Crippen molar-refractivity contribution in [3.8, 4) is 0 Å². The predicted octanol–water partition coefficient (Wildman–Crippen LogP) is 3.68. The van der Waals surface area contributed by atoms with Crippen molar-refractivity contribution in [1.29, 1.82) is 0 Å². The van der Waals surface area contributed by atoms with Crippen molar-refractivity contribution in [2.75, 3.05) is 11.9 Å². The van der Waals surface area contributed by atoms with E-state index >= 15 is 0 Å². The number of hydrogen-bond donors (Lipinski definition) is 4. The van der Waals surface area contributed by atoms with Crippen LogP contribution in [0.3, 0.4) is 0 Å². The van der Waals surface area contributed by atoms with E-state index in [2.05, 4.69) is 20.8 Å². The number of hydrogen-bond acceptors (Lipinski definition) is 6. The fourth-order valence-corrected chi connectivity index (χ4v) is 4.60. The minimum Gasteiger partial charge on any atom is -0.366 e. The van der Waals surface area contributed by atoms with Crippen LogP contribution in [-0.4, -0.2) is 33.5 Å². The van der Waals surface area contributed by atoms with E-state index in [1.165, 1.54) is 0 Å². The Morgan fingerprint density at radius 3 is 2.81 bits per heavy atom. The van der Waals surface area contributed by atoms with Gasteiger partial charge in [-0.3, -0.25) is 15.2 Å². The minimum atomic E-state index is -4.72. The molecule has 5 N–H and O–H groups in total. The zero-order chi connectivity index (χ0) is 25.4. The number of benzene rings is 2. The zero-order valence-electron chi connectivity index (χ0n) is 19.0. The van der Waals surface area contributed by atoms with Crippen LogP contribution in [0.5, 0.6) is 0 Å². The predicted molar refractivity (Wildman–Crippen MR) is 124 cm³/mol. The van der Waals surface area contributed by atoms with Crippen LogP contribution in [0.2, 0.25) is 0 Å². The number of guanidine groups is 1. The average molecular weight is 501 g/mol. The lowest BCUT2D eigenvalue weighted by molar-refractivity contribution is -0.138. The molecule has 1 aromatic heterocycles. The molecule has 0 saturated carbocycles. The van der Waals surface area contributed by atoms with Crippen molar-refractivity contribution >= 4 is 17.6 Å². The normalized spacial score (nSPS) is 17.5. The van der Waals surface area contributed by atoms with Crippen molar-refractivity contribution in [3.05, 3.63) is 81.9 Å². The van der Waals surface area contributed by atoms with Gasteiger partial charge in [-0.05, 0) is 36.6 Å². The summed E-state index contributed by atoms with van der Waals surface area (Å²) in [5.41, 5.74) is 7.19. The first-order valence-corrected chi connectivity index (χ1v) is 11.3. The summed E-state index contributed by atoms with van der Waals surface area (Å²) < 4.78 is 55.0. The van der Waals surface area contributed by atoms with Crippen LogP contribution in [0.4, 0.5) is 23.2 Å². The fraction of sp³-hybridized carbons (Fsp3) is 0.292. The number of aromatic amines is 1. The smallest absolute Gasteiger partial charge is 0.366 e. The number of aryl methyl sites for hydroxylation is 1. The van der Waals surface area contributed by atoms with Crippen molar-refractivity contribution in [2.45, 2.75) is 38.3 Å². The van der Waals surface area contributed by atoms with Gasteiger partial charge in [0.05, 0.1) is 35.2 Å². The Bertz CT molecular complexity index is 1330. The number of fused-ring (bicyclic) bond motifs is 2. The Labute approximate surface area is 203 Å². The molecular formula is C24H23F4N7O. The molecule has 5 rings (SSSR count). The molecule has 2 aliphatic rings. The van der Waals surface area contributed by atoms with Gasteiger partial charge in [0.25, 0.3) is 5.91 Å². The van der Waals surface area contributed by atoms with E-state index in [0.29, 0.717) is 30.3 Å². The number of nitrogens with two attached hydrogens (primary N) is 1. The van der Waals surface area contributed by atoms with Crippen LogP contribution >= 0.6 is 0 Å². The lowest BCUT2D eigenvalue weighted by Gasteiger charge is -2.33. The Hall–Kier alpha value is -3.93. The van der Waals surface area contributed by atoms with Crippen molar-refractivity contribution in [2.24, 2.45) is 10.7 Å². The Kier molecular flexibility index (Phi) is 6.12. The molecule has 8 nitrogen and oxygen atoms in total. The van der Waals surface area contributed by atoms with Gasteiger partial charge in [0.15, 0.2) is 0 Å². The van der Waals surface area contributed by atoms with Gasteiger partial charge < -0.3 is 16.0 Å². The van der Waals surface area contributed by atoms with Gasteiger partial charge >= 0.3 is 6.18 Å². The molecule has 1 amide bonds. The molecule has 1 unspecified atom stereocenters. The lowest BCUT2D eigenvalue weighted by Crippen LogP contribution is -2.41. The summed E-state index contributed by atoms with van der Waals surface area (Å²) in [5.74, 6) is -1.22. The van der Waals surface area contributed by atoms with Crippen LogP contribution in [0.1, 0.15) is 50.9 Å². The molecule has 0 fully saturated rings. The van der Waals surface area contributed by atoms with Crippen molar-refractivity contribution in [3.63, 3.8) is 0 Å². The highest BCUT2D eigenvalue weighted by Crippen LogP contribution is 2.35. The summed E-state index contributed by atoms with van der Waals surface area (Å²) >= 11 is 0. The monoisotopic (exact) mass is 501 g/mol. The largest absolute Gasteiger partial charge is 0.416 e. The topological polar surface area (TPSA) is 111 Å². The van der Waals surface area contributed by atoms with Crippen LogP contribution in [0, 0.1) is 5.82 Å². The Balaban J connectivity index is 1.51. The van der Waals surface area contributed by atoms with Gasteiger partial charge in [-0.25, -0.2) is 9.38 Å². The van der Waals surface area contributed by atoms with Gasteiger partial charge in [-0.2, -0.15) is 18.3 Å². The van der Waals surface area contributed by atoms with Gasteiger partial charge in [-0.1, -0.05) is 18.2 Å². The molecule has 3 aromatic rings. The quantitative estimate of drug-likeness (QED) is 0.408. The maximum absolute atomic E-state index is 14.5. The number of H-pyrrole nitrogens is 1. The number of aromatic nitrogens is 2. The molecule has 36 heavy (non-hydrogen) atoms. The molecule has 2 aromatic carbocycles. The molecule has 3 heterocycles. The van der Waals surface area contributed by atoms with Gasteiger partial charge in [-0.15, -0.1) is 0 Å². The molecular weight excluding hydrogens is 478 g/mol. The summed E-state index contributed by atoms with van der Waals surface area (Å²) in [7, 11) is 0. The van der Waals surface area contributed by atoms with Crippen LogP contribution in [0.25, 0.3) is 0 Å². The van der Waals surface area contributed by atoms with Gasteiger partial charge in [0, 0.05) is 24.2 Å². The first-order valence-electron chi connectivity index (χ1n) is 11.3. The number of aliphatic imine (C=N–C) groups is 1. The first-order chi connectivity index (χ1) is 17.2. The number of primary amides is 1. The second-order valence-corrected chi connectivity index (χ2v) is 8.66. The maximum atomic E-state index is 14.5. The van der Waals surface area contributed by atoms with E-state index in [9.17, 15) is 22.4 Å². The van der Waals surface area contributed by atoms with E-state index in [1.54, 1.807) is 24.4 Å². The summed E-state index contributed by atoms with van der Waals surface area (Å²) in [6.45, 7) is 0.669. The molecule has 1 atom stereocenters. The number of nitrogens with one attached hydrogen (secondary N) is 3. The number of amides is 1. The first kappa shape index (κ1) is 23.8. The molecule has 0 aliphatic carbocycles. The number of rotatable bonds is 4. The molecule has 0 saturated heterocycles. The number of alkyl halides is 3. The second kappa shape index (κ2) is 9.26. The number of carbonyl (C=O) groups is 1. The third-order valence-corrected chi connectivity index (χ3v) is 6.37. The highest BCUT2D eigenvalue weighted by atomic mass is 19.4. The van der Waals surface area contributed by atoms with E-state index in [1.807, 2.05) is 4.90 Å². The third kappa shape index (κ3) is 4.51. The molecule has 0 spiro atoms. The van der Waals surface area contributed by atoms with E-state index in [4.69, 9.17) is 10.7 Å². The molecule has 0 bridgehead atoms. The maximum Gasteiger partial charge on any atom is 0.416 e. The van der Waals surface area contributed by atoms with E-state index < -0.39 is 41.7 Å².